The van der Waals surface area contributed by atoms with Crippen molar-refractivity contribution in [3.05, 3.63) is 35.9 Å². The zero-order valence-electron chi connectivity index (χ0n) is 26.0. The third kappa shape index (κ3) is 11.1. The number of amides is 3. The smallest absolute Gasteiger partial charge is 0.411 e. The predicted octanol–water partition coefficient (Wildman–Crippen LogP) is 5.01. The number of hydrogen-bond acceptors (Lipinski definition) is 7. The van der Waals surface area contributed by atoms with Crippen molar-refractivity contribution >= 4 is 42.1 Å². The first-order valence-electron chi connectivity index (χ1n) is 15.7. The van der Waals surface area contributed by atoms with E-state index in [9.17, 15) is 19.5 Å². The highest BCUT2D eigenvalue weighted by atomic mass is 35.5. The van der Waals surface area contributed by atoms with E-state index in [1.807, 2.05) is 30.0 Å². The molecule has 2 saturated heterocycles. The van der Waals surface area contributed by atoms with Gasteiger partial charge in [0.1, 0.15) is 11.6 Å². The molecule has 0 spiro atoms. The van der Waals surface area contributed by atoms with E-state index in [1.54, 1.807) is 25.8 Å². The molecule has 2 N–H and O–H groups in total. The number of piperidine rings is 1. The number of carbonyl (C=O) groups excluding carboxylic acids is 3. The second kappa shape index (κ2) is 16.9. The number of benzene rings is 1. The summed E-state index contributed by atoms with van der Waals surface area (Å²) >= 11 is 1.84. The molecular formula is C32H51ClN4O5S. The summed E-state index contributed by atoms with van der Waals surface area (Å²) in [5.41, 5.74) is 3.44. The number of likely N-dealkylation sites (tertiary alicyclic amines) is 2. The van der Waals surface area contributed by atoms with Crippen LogP contribution in [0.5, 0.6) is 0 Å². The number of hydrogen-bond donors (Lipinski definition) is 2. The molecule has 1 aromatic rings. The highest BCUT2D eigenvalue weighted by Crippen LogP contribution is 2.27. The molecule has 3 amide bonds. The number of aliphatic hydroxyl groups is 1. The van der Waals surface area contributed by atoms with Gasteiger partial charge < -0.3 is 9.84 Å². The van der Waals surface area contributed by atoms with Gasteiger partial charge in [-0.2, -0.15) is 11.8 Å². The van der Waals surface area contributed by atoms with Crippen molar-refractivity contribution in [2.75, 3.05) is 31.1 Å². The molecule has 9 nitrogen and oxygen atoms in total. The van der Waals surface area contributed by atoms with Crippen LogP contribution in [0.4, 0.5) is 4.79 Å². The van der Waals surface area contributed by atoms with Crippen LogP contribution in [0.2, 0.25) is 0 Å². The summed E-state index contributed by atoms with van der Waals surface area (Å²) in [6.45, 7) is 7.83. The predicted molar refractivity (Wildman–Crippen MR) is 173 cm³/mol. The number of halogens is 1. The maximum Gasteiger partial charge on any atom is 0.411 e. The number of nitrogens with one attached hydrogen (secondary N) is 1. The Bertz CT molecular complexity index is 1030. The number of nitrogens with zero attached hydrogens (tertiary/aromatic N) is 3. The zero-order chi connectivity index (χ0) is 30.1. The van der Waals surface area contributed by atoms with Gasteiger partial charge in [-0.15, -0.1) is 12.4 Å². The zero-order valence-corrected chi connectivity index (χ0v) is 27.7. The first-order chi connectivity index (χ1) is 20.1. The number of hydrazine groups is 1. The largest absolute Gasteiger partial charge is 0.444 e. The second-order valence-corrected chi connectivity index (χ2v) is 14.2. The molecule has 0 radical (unpaired) electrons. The van der Waals surface area contributed by atoms with Crippen molar-refractivity contribution < 1.29 is 24.2 Å². The molecule has 11 heteroatoms. The van der Waals surface area contributed by atoms with E-state index in [1.165, 1.54) is 42.6 Å². The Morgan fingerprint density at radius 1 is 1.05 bits per heavy atom. The molecule has 242 valence electrons. The van der Waals surface area contributed by atoms with Crippen molar-refractivity contribution in [3.63, 3.8) is 0 Å². The van der Waals surface area contributed by atoms with Gasteiger partial charge in [-0.1, -0.05) is 49.6 Å². The van der Waals surface area contributed by atoms with Crippen LogP contribution in [0.3, 0.4) is 0 Å². The van der Waals surface area contributed by atoms with Gasteiger partial charge in [0.25, 0.3) is 5.91 Å². The van der Waals surface area contributed by atoms with E-state index in [-0.39, 0.29) is 37.3 Å². The molecule has 2 atom stereocenters. The van der Waals surface area contributed by atoms with Crippen LogP contribution < -0.4 is 5.43 Å². The molecule has 1 aliphatic carbocycles. The van der Waals surface area contributed by atoms with Crippen LogP contribution in [-0.4, -0.2) is 92.8 Å². The van der Waals surface area contributed by atoms with Crippen LogP contribution in [0.25, 0.3) is 0 Å². The maximum atomic E-state index is 13.6. The molecule has 3 aliphatic rings. The Hall–Kier alpha value is -2.01. The molecule has 43 heavy (non-hydrogen) atoms. The van der Waals surface area contributed by atoms with Gasteiger partial charge in [-0.05, 0) is 63.7 Å². The number of rotatable bonds is 9. The average molecular weight is 639 g/mol. The Balaban J connectivity index is 0.00000506. The quantitative estimate of drug-likeness (QED) is 0.290. The van der Waals surface area contributed by atoms with Crippen LogP contribution in [-0.2, 0) is 20.9 Å². The normalized spacial score (nSPS) is 22.1. The minimum Gasteiger partial charge on any atom is -0.444 e. The highest BCUT2D eigenvalue weighted by Gasteiger charge is 2.42. The monoisotopic (exact) mass is 638 g/mol. The average Bonchev–Trinajstić information content (AvgIpc) is 3.37. The van der Waals surface area contributed by atoms with Gasteiger partial charge in [0.15, 0.2) is 0 Å². The number of thioether (sulfide) groups is 1. The Kier molecular flexibility index (Phi) is 13.9. The van der Waals surface area contributed by atoms with E-state index in [0.29, 0.717) is 6.42 Å². The molecule has 3 fully saturated rings. The lowest BCUT2D eigenvalue weighted by Gasteiger charge is -2.39. The summed E-state index contributed by atoms with van der Waals surface area (Å²) in [4.78, 5) is 43.7. The SMILES string of the molecule is CC(C)(C)OC(=O)N1C[C@H](O)C[C@H]1C(=O)NN(C(=O)CCSCC1CCCCC1)C1CCN(Cc2ccccc2)CC1.Cl. The van der Waals surface area contributed by atoms with Gasteiger partial charge in [0.2, 0.25) is 5.91 Å². The fourth-order valence-corrected chi connectivity index (χ4v) is 7.35. The number of carbonyl (C=O) groups is 3. The lowest BCUT2D eigenvalue weighted by Crippen LogP contribution is -2.59. The fraction of sp³-hybridized carbons (Fsp3) is 0.719. The minimum absolute atomic E-state index is 0. The second-order valence-electron chi connectivity index (χ2n) is 13.1. The minimum atomic E-state index is -0.899. The van der Waals surface area contributed by atoms with E-state index in [0.717, 1.165) is 49.9 Å². The van der Waals surface area contributed by atoms with Crippen molar-refractivity contribution in [2.45, 2.75) is 109 Å². The Labute approximate surface area is 267 Å². The van der Waals surface area contributed by atoms with Crippen molar-refractivity contribution in [1.29, 1.82) is 0 Å². The maximum absolute atomic E-state index is 13.6. The molecular weight excluding hydrogens is 588 g/mol. The van der Waals surface area contributed by atoms with Crippen LogP contribution in [0.1, 0.15) is 84.1 Å². The van der Waals surface area contributed by atoms with Gasteiger partial charge in [-0.25, -0.2) is 4.79 Å². The summed E-state index contributed by atoms with van der Waals surface area (Å²) in [7, 11) is 0. The van der Waals surface area contributed by atoms with Crippen molar-refractivity contribution in [3.8, 4) is 0 Å². The molecule has 0 bridgehead atoms. The molecule has 1 aromatic carbocycles. The first-order valence-corrected chi connectivity index (χ1v) is 16.9. The number of aliphatic hydroxyl groups excluding tert-OH is 1. The fourth-order valence-electron chi connectivity index (χ4n) is 6.20. The Morgan fingerprint density at radius 2 is 1.72 bits per heavy atom. The standard InChI is InChI=1S/C32H50N4O5S.ClH/c1-32(2,3)41-31(40)35-22-27(37)20-28(35)30(39)33-36(29(38)16-19-42-23-25-12-8-5-9-13-25)26-14-17-34(18-15-26)21-24-10-6-4-7-11-24;/h4,6-7,10-11,25-28,37H,5,8-9,12-23H2,1-3H3,(H,33,39);1H/t27-,28+;/m1./s1. The topological polar surface area (TPSA) is 102 Å². The van der Waals surface area contributed by atoms with Crippen LogP contribution in [0, 0.1) is 5.92 Å². The Morgan fingerprint density at radius 3 is 2.37 bits per heavy atom. The lowest BCUT2D eigenvalue weighted by molar-refractivity contribution is -0.147. The molecule has 2 heterocycles. The summed E-state index contributed by atoms with van der Waals surface area (Å²) < 4.78 is 5.50. The van der Waals surface area contributed by atoms with E-state index in [4.69, 9.17) is 4.74 Å². The van der Waals surface area contributed by atoms with E-state index >= 15 is 0 Å². The third-order valence-electron chi connectivity index (χ3n) is 8.42. The van der Waals surface area contributed by atoms with Gasteiger partial charge in [0, 0.05) is 38.2 Å². The van der Waals surface area contributed by atoms with Crippen LogP contribution in [0.15, 0.2) is 30.3 Å². The summed E-state index contributed by atoms with van der Waals surface area (Å²) in [5, 5.41) is 11.9. The van der Waals surface area contributed by atoms with Gasteiger partial charge in [0.05, 0.1) is 18.7 Å². The van der Waals surface area contributed by atoms with E-state index in [2.05, 4.69) is 22.5 Å². The van der Waals surface area contributed by atoms with Crippen molar-refractivity contribution in [1.82, 2.24) is 20.2 Å². The first kappa shape index (κ1) is 35.5. The number of ether oxygens (including phenoxy) is 1. The molecule has 1 saturated carbocycles. The highest BCUT2D eigenvalue weighted by molar-refractivity contribution is 7.99. The van der Waals surface area contributed by atoms with Crippen molar-refractivity contribution in [2.24, 2.45) is 5.92 Å². The van der Waals surface area contributed by atoms with Gasteiger partial charge >= 0.3 is 6.09 Å². The molecule has 2 aliphatic heterocycles. The summed E-state index contributed by atoms with van der Waals surface area (Å²) in [6, 6.07) is 9.33. The molecule has 0 aromatic heterocycles. The lowest BCUT2D eigenvalue weighted by atomic mass is 9.91. The molecule has 0 unspecified atom stereocenters. The van der Waals surface area contributed by atoms with Crippen LogP contribution >= 0.6 is 24.2 Å². The van der Waals surface area contributed by atoms with E-state index < -0.39 is 29.7 Å². The van der Waals surface area contributed by atoms with Gasteiger partial charge in [-0.3, -0.25) is 29.8 Å². The molecule has 4 rings (SSSR count). The summed E-state index contributed by atoms with van der Waals surface area (Å²) in [5.74, 6) is 2.01. The third-order valence-corrected chi connectivity index (χ3v) is 9.62. The number of β-amino-alcohol motifs (C(OH)–C–C–N with tert-alkyl or cyclic N) is 1. The summed E-state index contributed by atoms with van der Waals surface area (Å²) in [6.07, 6.45) is 7.02.